The molecule has 0 amide bonds. The van der Waals surface area contributed by atoms with E-state index >= 15 is 0 Å². The standard InChI is InChI=1S/C9H17NO5/c1-3-15-9(11)6-8(4-5-14-2)7-10(12)13/h8H,3-7H2,1-2H3. The lowest BCUT2D eigenvalue weighted by molar-refractivity contribution is -0.488. The quantitative estimate of drug-likeness (QED) is 0.344. The maximum Gasteiger partial charge on any atom is 0.306 e. The summed E-state index contributed by atoms with van der Waals surface area (Å²) in [6.07, 6.45) is 0.578. The average molecular weight is 219 g/mol. The lowest BCUT2D eigenvalue weighted by Gasteiger charge is -2.10. The summed E-state index contributed by atoms with van der Waals surface area (Å²) in [5, 5.41) is 10.3. The normalized spacial score (nSPS) is 12.1. The first-order valence-corrected chi connectivity index (χ1v) is 4.86. The molecule has 6 nitrogen and oxygen atoms in total. The molecule has 0 spiro atoms. The lowest BCUT2D eigenvalue weighted by atomic mass is 10.0. The van der Waals surface area contributed by atoms with Gasteiger partial charge in [0.2, 0.25) is 6.54 Å². The first-order chi connectivity index (χ1) is 7.10. The van der Waals surface area contributed by atoms with Crippen molar-refractivity contribution in [2.75, 3.05) is 26.9 Å². The summed E-state index contributed by atoms with van der Waals surface area (Å²) in [4.78, 5) is 21.0. The highest BCUT2D eigenvalue weighted by Crippen LogP contribution is 2.10. The highest BCUT2D eigenvalue weighted by molar-refractivity contribution is 5.69. The summed E-state index contributed by atoms with van der Waals surface area (Å²) in [6.45, 7) is 2.20. The van der Waals surface area contributed by atoms with E-state index in [1.54, 1.807) is 6.92 Å². The van der Waals surface area contributed by atoms with Gasteiger partial charge >= 0.3 is 5.97 Å². The smallest absolute Gasteiger partial charge is 0.306 e. The molecule has 0 radical (unpaired) electrons. The van der Waals surface area contributed by atoms with Gasteiger partial charge in [-0.3, -0.25) is 14.9 Å². The Hall–Kier alpha value is -1.17. The van der Waals surface area contributed by atoms with Crippen LogP contribution in [-0.2, 0) is 14.3 Å². The molecule has 0 heterocycles. The molecule has 1 atom stereocenters. The van der Waals surface area contributed by atoms with Crippen LogP contribution in [0.2, 0.25) is 0 Å². The molecular formula is C9H17NO5. The van der Waals surface area contributed by atoms with Crippen LogP contribution < -0.4 is 0 Å². The molecule has 0 N–H and O–H groups in total. The number of nitrogens with zero attached hydrogens (tertiary/aromatic N) is 1. The fourth-order valence-corrected chi connectivity index (χ4v) is 1.21. The van der Waals surface area contributed by atoms with Crippen molar-refractivity contribution in [2.45, 2.75) is 19.8 Å². The molecule has 15 heavy (non-hydrogen) atoms. The van der Waals surface area contributed by atoms with Crippen molar-refractivity contribution < 1.29 is 19.2 Å². The van der Waals surface area contributed by atoms with Gasteiger partial charge in [0.05, 0.1) is 13.0 Å². The second-order valence-corrected chi connectivity index (χ2v) is 3.17. The fourth-order valence-electron chi connectivity index (χ4n) is 1.21. The molecule has 0 saturated heterocycles. The highest BCUT2D eigenvalue weighted by Gasteiger charge is 2.19. The van der Waals surface area contributed by atoms with Crippen LogP contribution in [0.4, 0.5) is 0 Å². The Morgan fingerprint density at radius 3 is 2.67 bits per heavy atom. The van der Waals surface area contributed by atoms with Crippen molar-refractivity contribution in [3.8, 4) is 0 Å². The Kier molecular flexibility index (Phi) is 7.53. The zero-order chi connectivity index (χ0) is 11.7. The van der Waals surface area contributed by atoms with Crippen molar-refractivity contribution >= 4 is 5.97 Å². The maximum atomic E-state index is 11.1. The SMILES string of the molecule is CCOC(=O)CC(CCOC)C[N+](=O)[O-]. The number of esters is 1. The number of hydrogen-bond acceptors (Lipinski definition) is 5. The molecule has 0 aromatic carbocycles. The summed E-state index contributed by atoms with van der Waals surface area (Å²) in [7, 11) is 1.52. The minimum atomic E-state index is -0.417. The lowest BCUT2D eigenvalue weighted by Crippen LogP contribution is -2.20. The van der Waals surface area contributed by atoms with E-state index in [4.69, 9.17) is 9.47 Å². The molecule has 0 aliphatic heterocycles. The van der Waals surface area contributed by atoms with Crippen molar-refractivity contribution in [3.63, 3.8) is 0 Å². The van der Waals surface area contributed by atoms with Crippen LogP contribution in [0.1, 0.15) is 19.8 Å². The first-order valence-electron chi connectivity index (χ1n) is 4.86. The van der Waals surface area contributed by atoms with E-state index in [0.717, 1.165) is 0 Å². The third-order valence-electron chi connectivity index (χ3n) is 1.90. The minimum absolute atomic E-state index is 0.0815. The Morgan fingerprint density at radius 2 is 2.20 bits per heavy atom. The zero-order valence-electron chi connectivity index (χ0n) is 9.10. The molecular weight excluding hydrogens is 202 g/mol. The largest absolute Gasteiger partial charge is 0.466 e. The summed E-state index contributed by atoms with van der Waals surface area (Å²) in [5.74, 6) is -0.695. The fraction of sp³-hybridized carbons (Fsp3) is 0.889. The molecule has 0 aromatic rings. The van der Waals surface area contributed by atoms with Gasteiger partial charge in [0.15, 0.2) is 0 Å². The van der Waals surface area contributed by atoms with Crippen molar-refractivity contribution in [1.82, 2.24) is 0 Å². The molecule has 0 rings (SSSR count). The molecule has 0 bridgehead atoms. The van der Waals surface area contributed by atoms with Gasteiger partial charge < -0.3 is 9.47 Å². The maximum absolute atomic E-state index is 11.1. The molecule has 88 valence electrons. The van der Waals surface area contributed by atoms with Crippen molar-refractivity contribution in [3.05, 3.63) is 10.1 Å². The van der Waals surface area contributed by atoms with Crippen molar-refractivity contribution in [2.24, 2.45) is 5.92 Å². The molecule has 0 aliphatic rings. The Bertz CT molecular complexity index is 207. The van der Waals surface area contributed by atoms with Crippen LogP contribution in [0.5, 0.6) is 0 Å². The minimum Gasteiger partial charge on any atom is -0.466 e. The third kappa shape index (κ3) is 7.87. The van der Waals surface area contributed by atoms with Crippen LogP contribution in [-0.4, -0.2) is 37.8 Å². The second kappa shape index (κ2) is 8.16. The third-order valence-corrected chi connectivity index (χ3v) is 1.90. The molecule has 0 fully saturated rings. The van der Waals surface area contributed by atoms with E-state index in [2.05, 4.69) is 0 Å². The van der Waals surface area contributed by atoms with Gasteiger partial charge in [0.25, 0.3) is 0 Å². The van der Waals surface area contributed by atoms with Gasteiger partial charge in [-0.05, 0) is 13.3 Å². The van der Waals surface area contributed by atoms with E-state index in [-0.39, 0.29) is 24.9 Å². The highest BCUT2D eigenvalue weighted by atomic mass is 16.6. The van der Waals surface area contributed by atoms with Gasteiger partial charge in [-0.15, -0.1) is 0 Å². The number of ether oxygens (including phenoxy) is 2. The molecule has 0 aliphatic carbocycles. The number of rotatable bonds is 8. The number of carbonyl (C=O) groups excluding carboxylic acids is 1. The van der Waals surface area contributed by atoms with E-state index in [1.165, 1.54) is 7.11 Å². The first kappa shape index (κ1) is 13.8. The van der Waals surface area contributed by atoms with Gasteiger partial charge in [-0.1, -0.05) is 0 Å². The van der Waals surface area contributed by atoms with Gasteiger partial charge in [0, 0.05) is 24.6 Å². The van der Waals surface area contributed by atoms with E-state index < -0.39 is 4.92 Å². The monoisotopic (exact) mass is 219 g/mol. The average Bonchev–Trinajstić information content (AvgIpc) is 2.13. The van der Waals surface area contributed by atoms with Crippen LogP contribution in [0, 0.1) is 16.0 Å². The molecule has 0 saturated carbocycles. The number of nitro groups is 1. The van der Waals surface area contributed by atoms with E-state index in [0.29, 0.717) is 19.6 Å². The van der Waals surface area contributed by atoms with E-state index in [9.17, 15) is 14.9 Å². The summed E-state index contributed by atoms with van der Waals surface area (Å²) < 4.78 is 9.55. The summed E-state index contributed by atoms with van der Waals surface area (Å²) in [5.41, 5.74) is 0. The van der Waals surface area contributed by atoms with E-state index in [1.807, 2.05) is 0 Å². The molecule has 1 unspecified atom stereocenters. The zero-order valence-corrected chi connectivity index (χ0v) is 9.10. The summed E-state index contributed by atoms with van der Waals surface area (Å²) in [6, 6.07) is 0. The Morgan fingerprint density at radius 1 is 1.53 bits per heavy atom. The number of hydrogen-bond donors (Lipinski definition) is 0. The summed E-state index contributed by atoms with van der Waals surface area (Å²) >= 11 is 0. The van der Waals surface area contributed by atoms with Crippen LogP contribution in [0.3, 0.4) is 0 Å². The number of methoxy groups -OCH3 is 1. The van der Waals surface area contributed by atoms with Gasteiger partial charge in [-0.2, -0.15) is 0 Å². The van der Waals surface area contributed by atoms with Gasteiger partial charge in [0.1, 0.15) is 0 Å². The molecule has 6 heteroatoms. The van der Waals surface area contributed by atoms with Crippen LogP contribution in [0.25, 0.3) is 0 Å². The van der Waals surface area contributed by atoms with Crippen LogP contribution >= 0.6 is 0 Å². The number of carbonyl (C=O) groups is 1. The topological polar surface area (TPSA) is 78.7 Å². The molecule has 0 aromatic heterocycles. The Balaban J connectivity index is 3.98. The predicted molar refractivity (Wildman–Crippen MR) is 53.1 cm³/mol. The van der Waals surface area contributed by atoms with Crippen molar-refractivity contribution in [1.29, 1.82) is 0 Å². The predicted octanol–water partition coefficient (Wildman–Crippen LogP) is 0.869. The Labute approximate surface area is 88.7 Å². The van der Waals surface area contributed by atoms with Crippen LogP contribution in [0.15, 0.2) is 0 Å². The second-order valence-electron chi connectivity index (χ2n) is 3.17. The van der Waals surface area contributed by atoms with Gasteiger partial charge in [-0.25, -0.2) is 0 Å².